The topological polar surface area (TPSA) is 79.6 Å². The average molecular weight is 324 g/mol. The van der Waals surface area contributed by atoms with E-state index in [4.69, 9.17) is 5.11 Å². The molecular formula is C15H20N2O4S. The summed E-state index contributed by atoms with van der Waals surface area (Å²) >= 11 is 0. The third-order valence-corrected chi connectivity index (χ3v) is 5.70. The van der Waals surface area contributed by atoms with Crippen LogP contribution in [-0.2, 0) is 21.4 Å². The van der Waals surface area contributed by atoms with E-state index in [1.165, 1.54) is 4.31 Å². The standard InChI is InChI=1S/C15H20N2O4S/c1-3-17(4-2)22(20,21)13-5-6-14-12(11-13)7-9-16(14)10-8-15(18)19/h5-7,9,11H,3-4,8,10H2,1-2H3,(H,18,19). The van der Waals surface area contributed by atoms with Crippen molar-refractivity contribution in [2.24, 2.45) is 0 Å². The third kappa shape index (κ3) is 3.15. The number of carboxylic acids is 1. The fourth-order valence-electron chi connectivity index (χ4n) is 2.46. The van der Waals surface area contributed by atoms with E-state index in [0.717, 1.165) is 10.9 Å². The molecule has 1 aromatic heterocycles. The monoisotopic (exact) mass is 324 g/mol. The normalized spacial score (nSPS) is 12.1. The number of hydrogen-bond donors (Lipinski definition) is 1. The van der Waals surface area contributed by atoms with Crippen LogP contribution in [0.5, 0.6) is 0 Å². The predicted molar refractivity (Wildman–Crippen MR) is 84.3 cm³/mol. The fraction of sp³-hybridized carbons (Fsp3) is 0.400. The summed E-state index contributed by atoms with van der Waals surface area (Å²) in [5.74, 6) is -0.859. The molecule has 0 atom stereocenters. The molecule has 7 heteroatoms. The van der Waals surface area contributed by atoms with Crippen molar-refractivity contribution in [2.75, 3.05) is 13.1 Å². The Morgan fingerprint density at radius 2 is 1.91 bits per heavy atom. The van der Waals surface area contributed by atoms with Crippen LogP contribution in [0.1, 0.15) is 20.3 Å². The van der Waals surface area contributed by atoms with Crippen molar-refractivity contribution in [3.63, 3.8) is 0 Å². The summed E-state index contributed by atoms with van der Waals surface area (Å²) in [6.07, 6.45) is 1.81. The smallest absolute Gasteiger partial charge is 0.305 e. The van der Waals surface area contributed by atoms with Gasteiger partial charge in [-0.1, -0.05) is 13.8 Å². The zero-order chi connectivity index (χ0) is 16.3. The molecular weight excluding hydrogens is 304 g/mol. The minimum absolute atomic E-state index is 0.0310. The van der Waals surface area contributed by atoms with Crippen LogP contribution in [0.15, 0.2) is 35.4 Å². The first-order valence-corrected chi connectivity index (χ1v) is 8.65. The van der Waals surface area contributed by atoms with Gasteiger partial charge in [0, 0.05) is 36.7 Å². The first-order chi connectivity index (χ1) is 10.4. The lowest BCUT2D eigenvalue weighted by Gasteiger charge is -2.18. The van der Waals surface area contributed by atoms with E-state index in [-0.39, 0.29) is 11.3 Å². The van der Waals surface area contributed by atoms with Crippen LogP contribution in [0, 0.1) is 0 Å². The number of rotatable bonds is 7. The molecule has 1 N–H and O–H groups in total. The van der Waals surface area contributed by atoms with Gasteiger partial charge in [-0.05, 0) is 24.3 Å². The van der Waals surface area contributed by atoms with Gasteiger partial charge in [0.05, 0.1) is 11.3 Å². The second kappa shape index (κ2) is 6.50. The Bertz CT molecular complexity index is 776. The van der Waals surface area contributed by atoms with Gasteiger partial charge in [-0.15, -0.1) is 0 Å². The molecule has 2 aromatic rings. The molecule has 0 bridgehead atoms. The number of carbonyl (C=O) groups is 1. The summed E-state index contributed by atoms with van der Waals surface area (Å²) in [7, 11) is -3.48. The molecule has 0 radical (unpaired) electrons. The van der Waals surface area contributed by atoms with E-state index in [9.17, 15) is 13.2 Å². The molecule has 0 fully saturated rings. The molecule has 0 amide bonds. The van der Waals surface area contributed by atoms with Gasteiger partial charge in [0.1, 0.15) is 0 Å². The van der Waals surface area contributed by atoms with Crippen LogP contribution in [0.4, 0.5) is 0 Å². The average Bonchev–Trinajstić information content (AvgIpc) is 2.88. The molecule has 0 spiro atoms. The van der Waals surface area contributed by atoms with E-state index in [1.807, 2.05) is 18.4 Å². The van der Waals surface area contributed by atoms with Crippen LogP contribution >= 0.6 is 0 Å². The van der Waals surface area contributed by atoms with Crippen molar-refractivity contribution in [1.29, 1.82) is 0 Å². The maximum atomic E-state index is 12.5. The van der Waals surface area contributed by atoms with E-state index >= 15 is 0 Å². The van der Waals surface area contributed by atoms with E-state index in [2.05, 4.69) is 0 Å². The Kier molecular flexibility index (Phi) is 4.87. The van der Waals surface area contributed by atoms with Gasteiger partial charge in [0.25, 0.3) is 0 Å². The molecule has 1 heterocycles. The predicted octanol–water partition coefficient (Wildman–Crippen LogP) is 2.15. The molecule has 22 heavy (non-hydrogen) atoms. The van der Waals surface area contributed by atoms with Crippen molar-refractivity contribution in [3.05, 3.63) is 30.5 Å². The van der Waals surface area contributed by atoms with Crippen molar-refractivity contribution in [2.45, 2.75) is 31.7 Å². The maximum Gasteiger partial charge on any atom is 0.305 e. The summed E-state index contributed by atoms with van der Waals surface area (Å²) in [6.45, 7) is 4.83. The molecule has 0 aliphatic heterocycles. The second-order valence-corrected chi connectivity index (χ2v) is 6.90. The number of benzene rings is 1. The van der Waals surface area contributed by atoms with Gasteiger partial charge >= 0.3 is 5.97 Å². The molecule has 0 saturated carbocycles. The summed E-state index contributed by atoms with van der Waals surface area (Å²) in [5, 5.41) is 9.54. The zero-order valence-corrected chi connectivity index (χ0v) is 13.5. The third-order valence-electron chi connectivity index (χ3n) is 3.65. The van der Waals surface area contributed by atoms with Gasteiger partial charge < -0.3 is 9.67 Å². The highest BCUT2D eigenvalue weighted by Gasteiger charge is 2.21. The minimum Gasteiger partial charge on any atom is -0.481 e. The quantitative estimate of drug-likeness (QED) is 0.846. The van der Waals surface area contributed by atoms with Gasteiger partial charge in [0.2, 0.25) is 10.0 Å². The van der Waals surface area contributed by atoms with Gasteiger partial charge in [-0.25, -0.2) is 8.42 Å². The van der Waals surface area contributed by atoms with E-state index in [0.29, 0.717) is 19.6 Å². The molecule has 0 aliphatic carbocycles. The number of aryl methyl sites for hydroxylation is 1. The number of aromatic nitrogens is 1. The Hall–Kier alpha value is -1.86. The largest absolute Gasteiger partial charge is 0.481 e. The SMILES string of the molecule is CCN(CC)S(=O)(=O)c1ccc2c(ccn2CCC(=O)O)c1. The summed E-state index contributed by atoms with van der Waals surface area (Å²) in [5.41, 5.74) is 0.833. The number of carboxylic acid groups (broad SMARTS) is 1. The number of nitrogens with zero attached hydrogens (tertiary/aromatic N) is 2. The highest BCUT2D eigenvalue weighted by Crippen LogP contribution is 2.23. The molecule has 2 rings (SSSR count). The second-order valence-electron chi connectivity index (χ2n) is 4.96. The Morgan fingerprint density at radius 1 is 1.23 bits per heavy atom. The Labute approximate surface area is 130 Å². The Balaban J connectivity index is 2.38. The van der Waals surface area contributed by atoms with E-state index < -0.39 is 16.0 Å². The van der Waals surface area contributed by atoms with Crippen LogP contribution in [-0.4, -0.2) is 41.5 Å². The highest BCUT2D eigenvalue weighted by atomic mass is 32.2. The molecule has 6 nitrogen and oxygen atoms in total. The van der Waals surface area contributed by atoms with Gasteiger partial charge in [0.15, 0.2) is 0 Å². The fourth-order valence-corrected chi connectivity index (χ4v) is 3.96. The van der Waals surface area contributed by atoms with Crippen LogP contribution < -0.4 is 0 Å². The van der Waals surface area contributed by atoms with Gasteiger partial charge in [-0.3, -0.25) is 4.79 Å². The van der Waals surface area contributed by atoms with Crippen molar-refractivity contribution in [1.82, 2.24) is 8.87 Å². The highest BCUT2D eigenvalue weighted by molar-refractivity contribution is 7.89. The summed E-state index contributed by atoms with van der Waals surface area (Å²) in [6, 6.07) is 6.75. The molecule has 0 unspecified atom stereocenters. The van der Waals surface area contributed by atoms with Crippen LogP contribution in [0.2, 0.25) is 0 Å². The molecule has 120 valence electrons. The number of aliphatic carboxylic acids is 1. The van der Waals surface area contributed by atoms with Crippen molar-refractivity contribution >= 4 is 26.9 Å². The lowest BCUT2D eigenvalue weighted by molar-refractivity contribution is -0.137. The Morgan fingerprint density at radius 3 is 2.50 bits per heavy atom. The summed E-state index contributed by atoms with van der Waals surface area (Å²) < 4.78 is 28.2. The van der Waals surface area contributed by atoms with Crippen LogP contribution in [0.25, 0.3) is 10.9 Å². The lowest BCUT2D eigenvalue weighted by atomic mass is 10.2. The van der Waals surface area contributed by atoms with Gasteiger partial charge in [-0.2, -0.15) is 4.31 Å². The molecule has 0 aliphatic rings. The molecule has 1 aromatic carbocycles. The summed E-state index contributed by atoms with van der Waals surface area (Å²) in [4.78, 5) is 10.9. The van der Waals surface area contributed by atoms with E-state index in [1.54, 1.807) is 30.5 Å². The van der Waals surface area contributed by atoms with Crippen LogP contribution in [0.3, 0.4) is 0 Å². The van der Waals surface area contributed by atoms with Crippen molar-refractivity contribution in [3.8, 4) is 0 Å². The lowest BCUT2D eigenvalue weighted by Crippen LogP contribution is -2.30. The maximum absolute atomic E-state index is 12.5. The number of hydrogen-bond acceptors (Lipinski definition) is 3. The number of sulfonamides is 1. The first kappa shape index (κ1) is 16.5. The van der Waals surface area contributed by atoms with Crippen molar-refractivity contribution < 1.29 is 18.3 Å². The first-order valence-electron chi connectivity index (χ1n) is 7.21. The zero-order valence-electron chi connectivity index (χ0n) is 12.7. The number of fused-ring (bicyclic) bond motifs is 1. The minimum atomic E-state index is -3.48. The molecule has 0 saturated heterocycles.